The van der Waals surface area contributed by atoms with Crippen molar-refractivity contribution in [2.75, 3.05) is 5.32 Å². The van der Waals surface area contributed by atoms with Crippen LogP contribution >= 0.6 is 27.5 Å². The minimum atomic E-state index is -0.487. The monoisotopic (exact) mass is 312 g/mol. The fraction of sp³-hybridized carbons (Fsp3) is 0.0909. The van der Waals surface area contributed by atoms with Gasteiger partial charge in [-0.25, -0.2) is 4.79 Å². The van der Waals surface area contributed by atoms with E-state index >= 15 is 0 Å². The highest BCUT2D eigenvalue weighted by atomic mass is 79.9. The molecule has 1 aromatic heterocycles. The summed E-state index contributed by atoms with van der Waals surface area (Å²) < 4.78 is 9.73. The van der Waals surface area contributed by atoms with Gasteiger partial charge < -0.3 is 4.74 Å². The number of nitrogens with zero attached hydrogens (tertiary/aromatic N) is 1. The number of halogens is 1. The van der Waals surface area contributed by atoms with Gasteiger partial charge in [0.15, 0.2) is 0 Å². The van der Waals surface area contributed by atoms with Gasteiger partial charge in [0.25, 0.3) is 0 Å². The number of nitrogens with one attached hydrogen (secondary N) is 1. The molecule has 0 aliphatic carbocycles. The standard InChI is InChI=1S/C11H9BrN2O2S/c12-9-6-13-17-10(9)14-11(15)16-7-8-4-2-1-3-5-8/h1-6H,7H2,(H,14,15). The molecule has 88 valence electrons. The first-order valence-corrected chi connectivity index (χ1v) is 6.40. The van der Waals surface area contributed by atoms with Crippen molar-refractivity contribution in [1.82, 2.24) is 4.37 Å². The quantitative estimate of drug-likeness (QED) is 0.941. The minimum absolute atomic E-state index is 0.253. The fourth-order valence-electron chi connectivity index (χ4n) is 1.16. The molecule has 0 spiro atoms. The van der Waals surface area contributed by atoms with E-state index in [9.17, 15) is 4.79 Å². The Hall–Kier alpha value is -1.40. The van der Waals surface area contributed by atoms with Crippen LogP contribution < -0.4 is 5.32 Å². The molecule has 0 radical (unpaired) electrons. The number of carbonyl (C=O) groups excluding carboxylic acids is 1. The summed E-state index contributed by atoms with van der Waals surface area (Å²) in [6.45, 7) is 0.253. The number of rotatable bonds is 3. The third-order valence-electron chi connectivity index (χ3n) is 1.96. The van der Waals surface area contributed by atoms with Gasteiger partial charge in [-0.05, 0) is 33.0 Å². The first-order valence-electron chi connectivity index (χ1n) is 4.83. The Balaban J connectivity index is 1.85. The number of aromatic nitrogens is 1. The molecule has 2 aromatic rings. The molecule has 0 saturated heterocycles. The van der Waals surface area contributed by atoms with Crippen molar-refractivity contribution >= 4 is 38.6 Å². The van der Waals surface area contributed by atoms with Crippen LogP contribution in [-0.2, 0) is 11.3 Å². The Kier molecular flexibility index (Phi) is 4.11. The van der Waals surface area contributed by atoms with Crippen molar-refractivity contribution in [2.45, 2.75) is 6.61 Å². The zero-order chi connectivity index (χ0) is 12.1. The number of hydrogen-bond acceptors (Lipinski definition) is 4. The normalized spacial score (nSPS) is 9.94. The van der Waals surface area contributed by atoms with E-state index in [1.165, 1.54) is 11.5 Å². The second-order valence-electron chi connectivity index (χ2n) is 3.19. The summed E-state index contributed by atoms with van der Waals surface area (Å²) in [5.74, 6) is 0. The van der Waals surface area contributed by atoms with Crippen molar-refractivity contribution in [2.24, 2.45) is 0 Å². The van der Waals surface area contributed by atoms with Crippen LogP contribution in [0.2, 0.25) is 0 Å². The largest absolute Gasteiger partial charge is 0.444 e. The molecule has 1 amide bonds. The molecule has 6 heteroatoms. The van der Waals surface area contributed by atoms with Crippen LogP contribution in [0.3, 0.4) is 0 Å². The lowest BCUT2D eigenvalue weighted by molar-refractivity contribution is 0.155. The number of benzene rings is 1. The van der Waals surface area contributed by atoms with Crippen molar-refractivity contribution < 1.29 is 9.53 Å². The van der Waals surface area contributed by atoms with Gasteiger partial charge in [-0.2, -0.15) is 4.37 Å². The maximum absolute atomic E-state index is 11.5. The number of amides is 1. The van der Waals surface area contributed by atoms with Gasteiger partial charge in [-0.15, -0.1) is 0 Å². The highest BCUT2D eigenvalue weighted by Gasteiger charge is 2.08. The lowest BCUT2D eigenvalue weighted by Crippen LogP contribution is -2.12. The number of anilines is 1. The van der Waals surface area contributed by atoms with E-state index < -0.39 is 6.09 Å². The molecule has 0 bridgehead atoms. The van der Waals surface area contributed by atoms with E-state index in [0.29, 0.717) is 5.00 Å². The van der Waals surface area contributed by atoms with Crippen LogP contribution in [0.1, 0.15) is 5.56 Å². The Morgan fingerprint density at radius 1 is 1.41 bits per heavy atom. The molecular formula is C11H9BrN2O2S. The molecule has 17 heavy (non-hydrogen) atoms. The summed E-state index contributed by atoms with van der Waals surface area (Å²) in [7, 11) is 0. The maximum Gasteiger partial charge on any atom is 0.412 e. The Morgan fingerprint density at radius 3 is 2.82 bits per heavy atom. The van der Waals surface area contributed by atoms with Crippen LogP contribution in [0, 0.1) is 0 Å². The van der Waals surface area contributed by atoms with E-state index in [1.807, 2.05) is 30.3 Å². The van der Waals surface area contributed by atoms with Crippen molar-refractivity contribution in [3.05, 3.63) is 46.6 Å². The highest BCUT2D eigenvalue weighted by molar-refractivity contribution is 9.10. The zero-order valence-electron chi connectivity index (χ0n) is 8.72. The zero-order valence-corrected chi connectivity index (χ0v) is 11.1. The molecule has 0 saturated carbocycles. The van der Waals surface area contributed by atoms with Gasteiger partial charge in [0.2, 0.25) is 0 Å². The Labute approximate surface area is 111 Å². The summed E-state index contributed by atoms with van der Waals surface area (Å²) in [5, 5.41) is 3.25. The third kappa shape index (κ3) is 3.54. The predicted molar refractivity (Wildman–Crippen MR) is 70.1 cm³/mol. The van der Waals surface area contributed by atoms with Crippen molar-refractivity contribution in [3.63, 3.8) is 0 Å². The molecule has 0 fully saturated rings. The molecule has 1 aromatic carbocycles. The van der Waals surface area contributed by atoms with E-state index in [2.05, 4.69) is 25.6 Å². The van der Waals surface area contributed by atoms with Crippen LogP contribution in [0.25, 0.3) is 0 Å². The van der Waals surface area contributed by atoms with E-state index in [-0.39, 0.29) is 6.61 Å². The molecule has 0 atom stereocenters. The molecule has 0 aliphatic heterocycles. The lowest BCUT2D eigenvalue weighted by atomic mass is 10.2. The summed E-state index contributed by atoms with van der Waals surface area (Å²) in [6, 6.07) is 9.51. The molecule has 2 rings (SSSR count). The lowest BCUT2D eigenvalue weighted by Gasteiger charge is -2.05. The van der Waals surface area contributed by atoms with Gasteiger partial charge in [0.05, 0.1) is 10.7 Å². The first kappa shape index (κ1) is 12.1. The second kappa shape index (κ2) is 5.79. The average Bonchev–Trinajstić information content (AvgIpc) is 2.74. The van der Waals surface area contributed by atoms with Crippen LogP contribution in [0.4, 0.5) is 9.80 Å². The number of hydrogen-bond donors (Lipinski definition) is 1. The molecule has 1 heterocycles. The van der Waals surface area contributed by atoms with Crippen molar-refractivity contribution in [3.8, 4) is 0 Å². The molecule has 4 nitrogen and oxygen atoms in total. The second-order valence-corrected chi connectivity index (χ2v) is 4.85. The Morgan fingerprint density at radius 2 is 2.18 bits per heavy atom. The van der Waals surface area contributed by atoms with Gasteiger partial charge in [-0.3, -0.25) is 5.32 Å². The fourth-order valence-corrected chi connectivity index (χ4v) is 2.25. The predicted octanol–water partition coefficient (Wildman–Crippen LogP) is 3.65. The van der Waals surface area contributed by atoms with Crippen LogP contribution in [-0.4, -0.2) is 10.5 Å². The summed E-state index contributed by atoms with van der Waals surface area (Å²) in [6.07, 6.45) is 1.14. The van der Waals surface area contributed by atoms with Gasteiger partial charge in [0.1, 0.15) is 11.6 Å². The SMILES string of the molecule is O=C(Nc1sncc1Br)OCc1ccccc1. The smallest absolute Gasteiger partial charge is 0.412 e. The first-order chi connectivity index (χ1) is 8.25. The summed E-state index contributed by atoms with van der Waals surface area (Å²) >= 11 is 4.46. The van der Waals surface area contributed by atoms with Gasteiger partial charge in [-0.1, -0.05) is 30.3 Å². The number of ether oxygens (including phenoxy) is 1. The third-order valence-corrected chi connectivity index (χ3v) is 3.53. The number of carbonyl (C=O) groups is 1. The summed E-state index contributed by atoms with van der Waals surface area (Å²) in [4.78, 5) is 11.5. The topological polar surface area (TPSA) is 51.2 Å². The van der Waals surface area contributed by atoms with Crippen molar-refractivity contribution in [1.29, 1.82) is 0 Å². The molecule has 0 unspecified atom stereocenters. The van der Waals surface area contributed by atoms with E-state index in [1.54, 1.807) is 6.20 Å². The van der Waals surface area contributed by atoms with E-state index in [0.717, 1.165) is 10.0 Å². The maximum atomic E-state index is 11.5. The van der Waals surface area contributed by atoms with E-state index in [4.69, 9.17) is 4.74 Å². The molecule has 0 aliphatic rings. The highest BCUT2D eigenvalue weighted by Crippen LogP contribution is 2.25. The van der Waals surface area contributed by atoms with Gasteiger partial charge in [0, 0.05) is 0 Å². The minimum Gasteiger partial charge on any atom is -0.444 e. The molecule has 1 N–H and O–H groups in total. The van der Waals surface area contributed by atoms with Gasteiger partial charge >= 0.3 is 6.09 Å². The average molecular weight is 313 g/mol. The van der Waals surface area contributed by atoms with Crippen LogP contribution in [0.5, 0.6) is 0 Å². The van der Waals surface area contributed by atoms with Crippen LogP contribution in [0.15, 0.2) is 41.0 Å². The molecular weight excluding hydrogens is 304 g/mol. The Bertz CT molecular complexity index is 501. The summed E-state index contributed by atoms with van der Waals surface area (Å²) in [5.41, 5.74) is 0.950.